The van der Waals surface area contributed by atoms with Crippen molar-refractivity contribution in [1.29, 1.82) is 0 Å². The number of likely N-dealkylation sites (tertiary alicyclic amines) is 1. The van der Waals surface area contributed by atoms with E-state index >= 15 is 0 Å². The lowest BCUT2D eigenvalue weighted by atomic mass is 9.63. The van der Waals surface area contributed by atoms with Gasteiger partial charge in [-0.2, -0.15) is 0 Å². The Morgan fingerprint density at radius 3 is 2.60 bits per heavy atom. The molecule has 0 aromatic rings. The molecule has 1 saturated heterocycles. The molecule has 0 aromatic heterocycles. The number of carbonyl (C=O) groups is 2. The Kier molecular flexibility index (Phi) is 5.35. The van der Waals surface area contributed by atoms with E-state index in [1.54, 1.807) is 0 Å². The molecule has 4 nitrogen and oxygen atoms in total. The molecule has 2 aliphatic rings. The standard InChI is InChI=1S/C15H25NO3S/c1-12-5-8-16(13(17)9-20-10-14(18)19)11-15(12)6-3-2-4-7-15/h12H,2-11H2,1H3,(H,18,19). The van der Waals surface area contributed by atoms with Crippen LogP contribution in [0.4, 0.5) is 0 Å². The van der Waals surface area contributed by atoms with Crippen LogP contribution in [0.2, 0.25) is 0 Å². The molecule has 2 rings (SSSR count). The summed E-state index contributed by atoms with van der Waals surface area (Å²) in [6, 6.07) is 0. The van der Waals surface area contributed by atoms with Crippen molar-refractivity contribution >= 4 is 23.6 Å². The van der Waals surface area contributed by atoms with Crippen LogP contribution in [0.1, 0.15) is 45.4 Å². The Morgan fingerprint density at radius 1 is 1.25 bits per heavy atom. The summed E-state index contributed by atoms with van der Waals surface area (Å²) in [5, 5.41) is 8.62. The number of carbonyl (C=O) groups excluding carboxylic acids is 1. The second kappa shape index (κ2) is 6.83. The number of carboxylic acid groups (broad SMARTS) is 1. The third-order valence-corrected chi connectivity index (χ3v) is 5.94. The van der Waals surface area contributed by atoms with Crippen LogP contribution in [-0.4, -0.2) is 46.5 Å². The summed E-state index contributed by atoms with van der Waals surface area (Å²) in [6.45, 7) is 4.07. The number of piperidine rings is 1. The molecule has 1 unspecified atom stereocenters. The van der Waals surface area contributed by atoms with Crippen LogP contribution < -0.4 is 0 Å². The summed E-state index contributed by atoms with van der Waals surface area (Å²) in [5.41, 5.74) is 0.337. The molecular formula is C15H25NO3S. The van der Waals surface area contributed by atoms with E-state index in [9.17, 15) is 9.59 Å². The number of amides is 1. The lowest BCUT2D eigenvalue weighted by molar-refractivity contribution is -0.134. The molecule has 0 aromatic carbocycles. The number of aliphatic carboxylic acids is 1. The maximum atomic E-state index is 12.2. The number of hydrogen-bond donors (Lipinski definition) is 1. The van der Waals surface area contributed by atoms with Crippen molar-refractivity contribution in [3.63, 3.8) is 0 Å². The molecule has 1 amide bonds. The second-order valence-electron chi connectivity index (χ2n) is 6.31. The normalized spacial score (nSPS) is 25.6. The van der Waals surface area contributed by atoms with Gasteiger partial charge in [-0.05, 0) is 30.6 Å². The summed E-state index contributed by atoms with van der Waals surface area (Å²) < 4.78 is 0. The van der Waals surface area contributed by atoms with Crippen molar-refractivity contribution in [2.75, 3.05) is 24.6 Å². The van der Waals surface area contributed by atoms with E-state index < -0.39 is 5.97 Å². The van der Waals surface area contributed by atoms with Crippen LogP contribution in [0.25, 0.3) is 0 Å². The Bertz CT molecular complexity index is 366. The first-order valence-electron chi connectivity index (χ1n) is 7.61. The van der Waals surface area contributed by atoms with Gasteiger partial charge in [0.05, 0.1) is 11.5 Å². The summed E-state index contributed by atoms with van der Waals surface area (Å²) >= 11 is 1.21. The Labute approximate surface area is 125 Å². The van der Waals surface area contributed by atoms with Crippen molar-refractivity contribution in [1.82, 2.24) is 4.90 Å². The third-order valence-electron chi connectivity index (χ3n) is 5.04. The molecule has 1 heterocycles. The molecule has 1 saturated carbocycles. The maximum absolute atomic E-state index is 12.2. The van der Waals surface area contributed by atoms with Crippen LogP contribution >= 0.6 is 11.8 Å². The minimum Gasteiger partial charge on any atom is -0.481 e. The molecule has 1 aliphatic heterocycles. The average molecular weight is 299 g/mol. The monoisotopic (exact) mass is 299 g/mol. The van der Waals surface area contributed by atoms with Crippen LogP contribution in [0.15, 0.2) is 0 Å². The summed E-state index contributed by atoms with van der Waals surface area (Å²) in [5.74, 6) is 0.295. The van der Waals surface area contributed by atoms with Crippen molar-refractivity contribution in [2.24, 2.45) is 11.3 Å². The smallest absolute Gasteiger partial charge is 0.313 e. The number of thioether (sulfide) groups is 1. The molecule has 114 valence electrons. The minimum atomic E-state index is -0.848. The Balaban J connectivity index is 1.89. The highest BCUT2D eigenvalue weighted by Gasteiger charge is 2.42. The fourth-order valence-electron chi connectivity index (χ4n) is 3.71. The van der Waals surface area contributed by atoms with Gasteiger partial charge in [0.25, 0.3) is 0 Å². The molecule has 1 spiro atoms. The quantitative estimate of drug-likeness (QED) is 0.867. The van der Waals surface area contributed by atoms with Crippen LogP contribution in [-0.2, 0) is 9.59 Å². The third kappa shape index (κ3) is 3.68. The lowest BCUT2D eigenvalue weighted by Crippen LogP contribution is -2.51. The van der Waals surface area contributed by atoms with Gasteiger partial charge in [-0.1, -0.05) is 26.2 Å². The number of nitrogens with zero attached hydrogens (tertiary/aromatic N) is 1. The van der Waals surface area contributed by atoms with Crippen molar-refractivity contribution in [2.45, 2.75) is 45.4 Å². The molecule has 2 fully saturated rings. The summed E-state index contributed by atoms with van der Waals surface area (Å²) in [4.78, 5) is 24.7. The highest BCUT2D eigenvalue weighted by Crippen LogP contribution is 2.46. The first kappa shape index (κ1) is 15.7. The van der Waals surface area contributed by atoms with Gasteiger partial charge in [0.2, 0.25) is 5.91 Å². The van der Waals surface area contributed by atoms with E-state index in [0.29, 0.717) is 17.1 Å². The predicted octanol–water partition coefficient (Wildman–Crippen LogP) is 2.62. The van der Waals surface area contributed by atoms with E-state index in [-0.39, 0.29) is 11.7 Å². The van der Waals surface area contributed by atoms with Gasteiger partial charge in [-0.25, -0.2) is 0 Å². The highest BCUT2D eigenvalue weighted by atomic mass is 32.2. The van der Waals surface area contributed by atoms with Crippen molar-refractivity contribution < 1.29 is 14.7 Å². The molecule has 5 heteroatoms. The highest BCUT2D eigenvalue weighted by molar-refractivity contribution is 8.00. The zero-order valence-electron chi connectivity index (χ0n) is 12.3. The average Bonchev–Trinajstić information content (AvgIpc) is 2.42. The zero-order valence-corrected chi connectivity index (χ0v) is 13.1. The van der Waals surface area contributed by atoms with E-state index in [2.05, 4.69) is 6.92 Å². The number of hydrogen-bond acceptors (Lipinski definition) is 3. The minimum absolute atomic E-state index is 0.0150. The topological polar surface area (TPSA) is 57.6 Å². The van der Waals surface area contributed by atoms with Gasteiger partial charge < -0.3 is 10.0 Å². The maximum Gasteiger partial charge on any atom is 0.313 e. The van der Waals surface area contributed by atoms with E-state index in [1.165, 1.54) is 43.9 Å². The molecule has 1 N–H and O–H groups in total. The van der Waals surface area contributed by atoms with Crippen LogP contribution in [0.5, 0.6) is 0 Å². The van der Waals surface area contributed by atoms with Gasteiger partial charge in [0.15, 0.2) is 0 Å². The van der Waals surface area contributed by atoms with Gasteiger partial charge >= 0.3 is 5.97 Å². The van der Waals surface area contributed by atoms with Gasteiger partial charge in [-0.15, -0.1) is 11.8 Å². The van der Waals surface area contributed by atoms with E-state index in [4.69, 9.17) is 5.11 Å². The second-order valence-corrected chi connectivity index (χ2v) is 7.30. The van der Waals surface area contributed by atoms with Crippen molar-refractivity contribution in [3.05, 3.63) is 0 Å². The molecule has 1 aliphatic carbocycles. The molecule has 0 radical (unpaired) electrons. The fraction of sp³-hybridized carbons (Fsp3) is 0.867. The van der Waals surface area contributed by atoms with Crippen LogP contribution in [0.3, 0.4) is 0 Å². The van der Waals surface area contributed by atoms with Gasteiger partial charge in [0, 0.05) is 13.1 Å². The molecular weight excluding hydrogens is 274 g/mol. The molecule has 20 heavy (non-hydrogen) atoms. The fourth-order valence-corrected chi connectivity index (χ4v) is 4.34. The van der Waals surface area contributed by atoms with Crippen molar-refractivity contribution in [3.8, 4) is 0 Å². The Morgan fingerprint density at radius 2 is 1.95 bits per heavy atom. The summed E-state index contributed by atoms with van der Waals surface area (Å²) in [6.07, 6.45) is 7.51. The van der Waals surface area contributed by atoms with Gasteiger partial charge in [-0.3, -0.25) is 9.59 Å². The van der Waals surface area contributed by atoms with E-state index in [0.717, 1.165) is 19.5 Å². The zero-order chi connectivity index (χ0) is 14.6. The van der Waals surface area contributed by atoms with E-state index in [1.807, 2.05) is 4.90 Å². The van der Waals surface area contributed by atoms with Crippen LogP contribution in [0, 0.1) is 11.3 Å². The molecule has 1 atom stereocenters. The lowest BCUT2D eigenvalue weighted by Gasteiger charge is -2.49. The number of carboxylic acids is 1. The first-order chi connectivity index (χ1) is 9.53. The largest absolute Gasteiger partial charge is 0.481 e. The Hall–Kier alpha value is -0.710. The first-order valence-corrected chi connectivity index (χ1v) is 8.76. The summed E-state index contributed by atoms with van der Waals surface area (Å²) in [7, 11) is 0. The SMILES string of the molecule is CC1CCN(C(=O)CSCC(=O)O)CC12CCCCC2. The molecule has 0 bridgehead atoms. The predicted molar refractivity (Wildman–Crippen MR) is 80.8 cm³/mol. The number of rotatable bonds is 4. The van der Waals surface area contributed by atoms with Gasteiger partial charge in [0.1, 0.15) is 0 Å².